The van der Waals surface area contributed by atoms with E-state index in [1.807, 2.05) is 12.1 Å². The number of sulfone groups is 1. The Bertz CT molecular complexity index is 1590. The number of nitrogens with zero attached hydrogens (tertiary/aromatic N) is 3. The van der Waals surface area contributed by atoms with E-state index in [4.69, 9.17) is 22.1 Å². The smallest absolute Gasteiger partial charge is 0.248 e. The van der Waals surface area contributed by atoms with E-state index in [0.29, 0.717) is 40.6 Å². The second-order valence-electron chi connectivity index (χ2n) is 11.4. The van der Waals surface area contributed by atoms with Crippen LogP contribution in [0.3, 0.4) is 0 Å². The monoisotopic (exact) mass is 626 g/mol. The Balaban J connectivity index is 1.38. The van der Waals surface area contributed by atoms with Gasteiger partial charge in [0.25, 0.3) is 0 Å². The third-order valence-corrected chi connectivity index (χ3v) is 9.52. The number of amides is 1. The lowest BCUT2D eigenvalue weighted by Gasteiger charge is -2.25. The van der Waals surface area contributed by atoms with Gasteiger partial charge < -0.3 is 26.0 Å². The molecule has 0 unspecified atom stereocenters. The van der Waals surface area contributed by atoms with Gasteiger partial charge >= 0.3 is 0 Å². The molecule has 5 rings (SSSR count). The first kappa shape index (κ1) is 31.0. The average Bonchev–Trinajstić information content (AvgIpc) is 3.19. The fourth-order valence-electron chi connectivity index (χ4n) is 5.94. The van der Waals surface area contributed by atoms with Gasteiger partial charge in [-0.2, -0.15) is 4.98 Å². The summed E-state index contributed by atoms with van der Waals surface area (Å²) in [7, 11) is -1.40. The normalized spacial score (nSPS) is 16.3. The first-order valence-corrected chi connectivity index (χ1v) is 17.1. The summed E-state index contributed by atoms with van der Waals surface area (Å²) in [6.07, 6.45) is 10.1. The Kier molecular flexibility index (Phi) is 9.73. The fraction of sp³-hybridized carbons (Fsp3) is 0.452. The predicted molar refractivity (Wildman–Crippen MR) is 171 cm³/mol. The summed E-state index contributed by atoms with van der Waals surface area (Å²) in [4.78, 5) is 23.3. The second-order valence-corrected chi connectivity index (χ2v) is 14.1. The van der Waals surface area contributed by atoms with Gasteiger partial charge in [0.2, 0.25) is 11.9 Å². The molecule has 2 heterocycles. The number of nitrogens with two attached hydrogens (primary N) is 1. The van der Waals surface area contributed by atoms with E-state index in [0.717, 1.165) is 61.3 Å². The number of methoxy groups -OCH3 is 1. The quantitative estimate of drug-likeness (QED) is 0.276. The predicted octanol–water partition coefficient (Wildman–Crippen LogP) is 5.22. The zero-order valence-electron chi connectivity index (χ0n) is 24.7. The molecule has 1 aliphatic heterocycles. The molecule has 1 aromatic heterocycles. The third-order valence-electron chi connectivity index (χ3n) is 8.32. The zero-order chi connectivity index (χ0) is 30.6. The highest BCUT2D eigenvalue weighted by atomic mass is 35.5. The highest BCUT2D eigenvalue weighted by Crippen LogP contribution is 2.39. The van der Waals surface area contributed by atoms with Crippen molar-refractivity contribution < 1.29 is 17.9 Å². The zero-order valence-corrected chi connectivity index (χ0v) is 26.2. The van der Waals surface area contributed by atoms with Gasteiger partial charge in [0.05, 0.1) is 24.7 Å². The van der Waals surface area contributed by atoms with Gasteiger partial charge in [-0.3, -0.25) is 4.79 Å². The topological polar surface area (TPSA) is 140 Å². The number of carbonyl (C=O) groups excluding carboxylic acids is 1. The summed E-state index contributed by atoms with van der Waals surface area (Å²) < 4.78 is 29.0. The second kappa shape index (κ2) is 13.5. The molecular formula is C31H39ClN6O4S. The summed E-state index contributed by atoms with van der Waals surface area (Å²) in [6.45, 7) is 2.08. The van der Waals surface area contributed by atoms with Gasteiger partial charge in [-0.1, -0.05) is 36.9 Å². The van der Waals surface area contributed by atoms with Crippen molar-refractivity contribution in [1.82, 2.24) is 14.9 Å². The van der Waals surface area contributed by atoms with Crippen LogP contribution in [0.1, 0.15) is 65.1 Å². The van der Waals surface area contributed by atoms with Crippen LogP contribution in [0, 0.1) is 0 Å². The number of primary amides is 1. The van der Waals surface area contributed by atoms with Crippen molar-refractivity contribution in [2.75, 3.05) is 49.4 Å². The van der Waals surface area contributed by atoms with Crippen LogP contribution in [-0.4, -0.2) is 67.9 Å². The third kappa shape index (κ3) is 7.95. The maximum absolute atomic E-state index is 12.0. The summed E-state index contributed by atoms with van der Waals surface area (Å²) in [6, 6.07) is 9.61. The van der Waals surface area contributed by atoms with Crippen molar-refractivity contribution in [2.45, 2.75) is 50.9 Å². The lowest BCUT2D eigenvalue weighted by atomic mass is 9.83. The number of aromatic nitrogens is 2. The van der Waals surface area contributed by atoms with Crippen LogP contribution in [0.15, 0.2) is 36.5 Å². The number of hydrogen-bond donors (Lipinski definition) is 3. The molecule has 1 fully saturated rings. The molecule has 2 aromatic carbocycles. The molecule has 10 nitrogen and oxygen atoms in total. The molecule has 0 atom stereocenters. The van der Waals surface area contributed by atoms with Crippen LogP contribution in [0.2, 0.25) is 5.02 Å². The maximum atomic E-state index is 12.0. The summed E-state index contributed by atoms with van der Waals surface area (Å²) in [5, 5.41) is 7.00. The Morgan fingerprint density at radius 3 is 2.47 bits per heavy atom. The molecule has 0 bridgehead atoms. The number of halogens is 1. The van der Waals surface area contributed by atoms with Gasteiger partial charge in [-0.05, 0) is 72.6 Å². The largest absolute Gasteiger partial charge is 0.495 e. The molecule has 2 aliphatic rings. The highest BCUT2D eigenvalue weighted by molar-refractivity contribution is 7.90. The number of nitrogens with one attached hydrogen (secondary N) is 2. The molecule has 12 heteroatoms. The number of anilines is 4. The van der Waals surface area contributed by atoms with E-state index in [9.17, 15) is 13.2 Å². The van der Waals surface area contributed by atoms with E-state index in [-0.39, 0.29) is 5.75 Å². The lowest BCUT2D eigenvalue weighted by molar-refractivity contribution is 0.1000. The number of ether oxygens (including phenoxy) is 1. The molecule has 43 heavy (non-hydrogen) atoms. The van der Waals surface area contributed by atoms with Crippen molar-refractivity contribution in [3.05, 3.63) is 63.8 Å². The molecule has 3 aromatic rings. The van der Waals surface area contributed by atoms with Crippen LogP contribution >= 0.6 is 11.6 Å². The maximum Gasteiger partial charge on any atom is 0.248 e. The molecule has 0 spiro atoms. The standard InChI is InChI=1S/C31H39ClN6O4S/c1-42-28-18-22-11-13-38(14-15-43(2,40)41)12-10-21(22)16-27(28)36-31-34-19-25(32)30(37-31)35-26-17-23(29(33)39)8-9-24(26)20-6-4-3-5-7-20/h8-9,16-20H,3-7,10-15H2,1-2H3,(H2,33,39)(H2,34,35,36,37). The summed E-state index contributed by atoms with van der Waals surface area (Å²) >= 11 is 6.55. The Hall–Kier alpha value is -3.41. The minimum absolute atomic E-state index is 0.152. The molecule has 0 radical (unpaired) electrons. The Morgan fingerprint density at radius 1 is 1.07 bits per heavy atom. The highest BCUT2D eigenvalue weighted by Gasteiger charge is 2.22. The SMILES string of the molecule is COc1cc2c(cc1Nc1ncc(Cl)c(Nc3cc(C(N)=O)ccc3C3CCCCC3)n1)CCN(CCS(C)(=O)=O)CC2. The van der Waals surface area contributed by atoms with E-state index >= 15 is 0 Å². The fourth-order valence-corrected chi connectivity index (χ4v) is 6.66. The number of carbonyl (C=O) groups is 1. The average molecular weight is 627 g/mol. The van der Waals surface area contributed by atoms with Gasteiger partial charge in [0, 0.05) is 37.1 Å². The van der Waals surface area contributed by atoms with E-state index in [2.05, 4.69) is 31.6 Å². The molecule has 4 N–H and O–H groups in total. The minimum atomic E-state index is -3.02. The van der Waals surface area contributed by atoms with E-state index < -0.39 is 15.7 Å². The summed E-state index contributed by atoms with van der Waals surface area (Å²) in [5.41, 5.74) is 11.0. The van der Waals surface area contributed by atoms with Crippen molar-refractivity contribution in [3.63, 3.8) is 0 Å². The number of rotatable bonds is 10. The van der Waals surface area contributed by atoms with Crippen molar-refractivity contribution in [3.8, 4) is 5.75 Å². The molecular weight excluding hydrogens is 588 g/mol. The van der Waals surface area contributed by atoms with Crippen LogP contribution in [0.4, 0.5) is 23.1 Å². The minimum Gasteiger partial charge on any atom is -0.495 e. The van der Waals surface area contributed by atoms with Crippen molar-refractivity contribution >= 4 is 50.5 Å². The molecule has 1 saturated carbocycles. The van der Waals surface area contributed by atoms with E-state index in [1.165, 1.54) is 37.3 Å². The van der Waals surface area contributed by atoms with E-state index in [1.54, 1.807) is 19.2 Å². The van der Waals surface area contributed by atoms with Gasteiger partial charge in [0.1, 0.15) is 20.6 Å². The molecule has 230 valence electrons. The number of fused-ring (bicyclic) bond motifs is 1. The Morgan fingerprint density at radius 2 is 1.79 bits per heavy atom. The van der Waals surface area contributed by atoms with Crippen LogP contribution in [0.5, 0.6) is 5.75 Å². The molecule has 1 amide bonds. The van der Waals surface area contributed by atoms with Crippen molar-refractivity contribution in [2.24, 2.45) is 5.73 Å². The van der Waals surface area contributed by atoms with Crippen LogP contribution in [-0.2, 0) is 22.7 Å². The summed E-state index contributed by atoms with van der Waals surface area (Å²) in [5.74, 6) is 1.43. The van der Waals surface area contributed by atoms with Crippen LogP contribution < -0.4 is 21.1 Å². The lowest BCUT2D eigenvalue weighted by Crippen LogP contribution is -2.31. The molecule has 1 aliphatic carbocycles. The number of benzene rings is 2. The number of hydrogen-bond acceptors (Lipinski definition) is 9. The first-order valence-electron chi connectivity index (χ1n) is 14.7. The van der Waals surface area contributed by atoms with Gasteiger partial charge in [0.15, 0.2) is 5.82 Å². The molecule has 0 saturated heterocycles. The van der Waals surface area contributed by atoms with Gasteiger partial charge in [-0.15, -0.1) is 0 Å². The Labute approximate surface area is 258 Å². The van der Waals surface area contributed by atoms with Crippen molar-refractivity contribution in [1.29, 1.82) is 0 Å². The van der Waals surface area contributed by atoms with Gasteiger partial charge in [-0.25, -0.2) is 13.4 Å². The first-order chi connectivity index (χ1) is 20.6. The van der Waals surface area contributed by atoms with Crippen LogP contribution in [0.25, 0.3) is 0 Å².